The Morgan fingerprint density at radius 2 is 2.16 bits per heavy atom. The first-order chi connectivity index (χ1) is 9.09. The van der Waals surface area contributed by atoms with Gasteiger partial charge in [0.15, 0.2) is 0 Å². The molecule has 0 radical (unpaired) electrons. The summed E-state index contributed by atoms with van der Waals surface area (Å²) in [6.45, 7) is 7.90. The van der Waals surface area contributed by atoms with Crippen molar-refractivity contribution in [1.29, 1.82) is 0 Å². The van der Waals surface area contributed by atoms with E-state index in [0.717, 1.165) is 25.9 Å². The number of amides is 1. The normalized spacial score (nSPS) is 17.7. The molecule has 1 atom stereocenters. The highest BCUT2D eigenvalue weighted by Gasteiger charge is 2.24. The van der Waals surface area contributed by atoms with Crippen molar-refractivity contribution in [3.05, 3.63) is 29.8 Å². The monoisotopic (exact) mass is 260 g/mol. The molecular weight excluding hydrogens is 236 g/mol. The Hall–Kier alpha value is -1.51. The molecule has 1 aromatic rings. The van der Waals surface area contributed by atoms with Crippen molar-refractivity contribution < 1.29 is 4.79 Å². The highest BCUT2D eigenvalue weighted by Crippen LogP contribution is 2.31. The maximum Gasteiger partial charge on any atom is 0.222 e. The zero-order valence-corrected chi connectivity index (χ0v) is 12.1. The molecule has 1 aliphatic rings. The molecule has 1 heterocycles. The predicted octanol–water partition coefficient (Wildman–Crippen LogP) is 2.60. The van der Waals surface area contributed by atoms with Gasteiger partial charge in [0.2, 0.25) is 5.91 Å². The van der Waals surface area contributed by atoms with Crippen LogP contribution in [0.25, 0.3) is 0 Å². The number of hydrogen-bond acceptors (Lipinski definition) is 2. The van der Waals surface area contributed by atoms with E-state index in [1.54, 1.807) is 0 Å². The molecule has 1 N–H and O–H groups in total. The van der Waals surface area contributed by atoms with Gasteiger partial charge in [-0.2, -0.15) is 0 Å². The van der Waals surface area contributed by atoms with Gasteiger partial charge in [0.05, 0.1) is 0 Å². The number of rotatable bonds is 5. The van der Waals surface area contributed by atoms with E-state index in [2.05, 4.69) is 41.4 Å². The fourth-order valence-electron chi connectivity index (χ4n) is 2.64. The Balaban J connectivity index is 1.82. The van der Waals surface area contributed by atoms with Crippen LogP contribution in [-0.4, -0.2) is 25.0 Å². The van der Waals surface area contributed by atoms with Crippen molar-refractivity contribution in [2.75, 3.05) is 18.0 Å². The first-order valence-corrected chi connectivity index (χ1v) is 7.22. The zero-order chi connectivity index (χ0) is 13.8. The lowest BCUT2D eigenvalue weighted by Crippen LogP contribution is -2.34. The van der Waals surface area contributed by atoms with Crippen molar-refractivity contribution in [1.82, 2.24) is 5.32 Å². The van der Waals surface area contributed by atoms with E-state index in [-0.39, 0.29) is 11.8 Å². The number of carbonyl (C=O) groups excluding carboxylic acids is 1. The predicted molar refractivity (Wildman–Crippen MR) is 79.4 cm³/mol. The second kappa shape index (κ2) is 6.09. The minimum absolute atomic E-state index is 0.0754. The molecule has 0 fully saturated rings. The quantitative estimate of drug-likeness (QED) is 0.825. The maximum atomic E-state index is 11.5. The van der Waals surface area contributed by atoms with Gasteiger partial charge in [0, 0.05) is 30.7 Å². The van der Waals surface area contributed by atoms with Crippen LogP contribution in [0.15, 0.2) is 24.3 Å². The first kappa shape index (κ1) is 13.9. The van der Waals surface area contributed by atoms with E-state index in [9.17, 15) is 4.79 Å². The van der Waals surface area contributed by atoms with Crippen LogP contribution < -0.4 is 10.2 Å². The van der Waals surface area contributed by atoms with E-state index in [1.807, 2.05) is 13.8 Å². The van der Waals surface area contributed by atoms with Gasteiger partial charge >= 0.3 is 0 Å². The van der Waals surface area contributed by atoms with E-state index in [4.69, 9.17) is 0 Å². The number of para-hydroxylation sites is 1. The third-order valence-corrected chi connectivity index (χ3v) is 3.75. The number of nitrogens with one attached hydrogen (secondary N) is 1. The molecule has 2 rings (SSSR count). The van der Waals surface area contributed by atoms with Gasteiger partial charge in [0.1, 0.15) is 0 Å². The molecule has 19 heavy (non-hydrogen) atoms. The van der Waals surface area contributed by atoms with Crippen LogP contribution in [0.1, 0.15) is 32.8 Å². The molecule has 3 heteroatoms. The van der Waals surface area contributed by atoms with E-state index in [0.29, 0.717) is 6.04 Å². The lowest BCUT2D eigenvalue weighted by Gasteiger charge is -2.25. The Bertz CT molecular complexity index is 442. The van der Waals surface area contributed by atoms with Gasteiger partial charge in [-0.05, 0) is 31.4 Å². The number of fused-ring (bicyclic) bond motifs is 1. The van der Waals surface area contributed by atoms with E-state index in [1.165, 1.54) is 11.3 Å². The number of carbonyl (C=O) groups is 1. The number of anilines is 1. The van der Waals surface area contributed by atoms with Crippen LogP contribution >= 0.6 is 0 Å². The summed E-state index contributed by atoms with van der Waals surface area (Å²) in [5, 5.41) is 2.98. The third kappa shape index (κ3) is 3.28. The van der Waals surface area contributed by atoms with Gasteiger partial charge in [-0.1, -0.05) is 32.0 Å². The van der Waals surface area contributed by atoms with Crippen molar-refractivity contribution in [2.24, 2.45) is 5.92 Å². The summed E-state index contributed by atoms with van der Waals surface area (Å²) >= 11 is 0. The Morgan fingerprint density at radius 1 is 1.42 bits per heavy atom. The summed E-state index contributed by atoms with van der Waals surface area (Å²) in [4.78, 5) is 13.9. The van der Waals surface area contributed by atoms with Crippen LogP contribution in [-0.2, 0) is 11.2 Å². The molecule has 0 bridgehead atoms. The van der Waals surface area contributed by atoms with Crippen LogP contribution in [0, 0.1) is 5.92 Å². The molecule has 1 aliphatic heterocycles. The minimum atomic E-state index is 0.0754. The van der Waals surface area contributed by atoms with Crippen molar-refractivity contribution in [3.63, 3.8) is 0 Å². The smallest absolute Gasteiger partial charge is 0.222 e. The summed E-state index contributed by atoms with van der Waals surface area (Å²) in [5.74, 6) is 0.223. The average Bonchev–Trinajstić information content (AvgIpc) is 2.70. The third-order valence-electron chi connectivity index (χ3n) is 3.75. The highest BCUT2D eigenvalue weighted by atomic mass is 16.1. The van der Waals surface area contributed by atoms with E-state index < -0.39 is 0 Å². The lowest BCUT2D eigenvalue weighted by molar-refractivity contribution is -0.123. The minimum Gasteiger partial charge on any atom is -0.368 e. The fourth-order valence-corrected chi connectivity index (χ4v) is 2.64. The zero-order valence-electron chi connectivity index (χ0n) is 12.1. The number of nitrogens with zero attached hydrogens (tertiary/aromatic N) is 1. The van der Waals surface area contributed by atoms with Crippen LogP contribution in [0.5, 0.6) is 0 Å². The van der Waals surface area contributed by atoms with Gasteiger partial charge in [-0.25, -0.2) is 0 Å². The number of hydrogen-bond donors (Lipinski definition) is 1. The Morgan fingerprint density at radius 3 is 2.89 bits per heavy atom. The summed E-state index contributed by atoms with van der Waals surface area (Å²) in [5.41, 5.74) is 2.81. The molecule has 0 saturated carbocycles. The van der Waals surface area contributed by atoms with Gasteiger partial charge in [0.25, 0.3) is 0 Å². The maximum absolute atomic E-state index is 11.5. The standard InChI is InChI=1S/C16H24N2O/c1-12(2)16(19)17-9-6-10-18-13(3)11-14-7-4-5-8-15(14)18/h4-5,7-8,12-13H,6,9-11H2,1-3H3,(H,17,19)/t13-/m1/s1. The van der Waals surface area contributed by atoms with Gasteiger partial charge < -0.3 is 10.2 Å². The summed E-state index contributed by atoms with van der Waals surface area (Å²) in [7, 11) is 0. The molecule has 1 amide bonds. The highest BCUT2D eigenvalue weighted by molar-refractivity contribution is 5.77. The molecule has 0 aliphatic carbocycles. The molecule has 0 spiro atoms. The lowest BCUT2D eigenvalue weighted by atomic mass is 10.1. The Labute approximate surface area is 116 Å². The second-order valence-corrected chi connectivity index (χ2v) is 5.67. The fraction of sp³-hybridized carbons (Fsp3) is 0.562. The van der Waals surface area contributed by atoms with E-state index >= 15 is 0 Å². The Kier molecular flexibility index (Phi) is 4.46. The van der Waals surface area contributed by atoms with Crippen LogP contribution in [0.4, 0.5) is 5.69 Å². The van der Waals surface area contributed by atoms with Crippen molar-refractivity contribution in [3.8, 4) is 0 Å². The topological polar surface area (TPSA) is 32.3 Å². The number of benzene rings is 1. The summed E-state index contributed by atoms with van der Waals surface area (Å²) in [6, 6.07) is 9.19. The second-order valence-electron chi connectivity index (χ2n) is 5.67. The van der Waals surface area contributed by atoms with Crippen LogP contribution in [0.2, 0.25) is 0 Å². The van der Waals surface area contributed by atoms with Crippen LogP contribution in [0.3, 0.4) is 0 Å². The largest absolute Gasteiger partial charge is 0.368 e. The van der Waals surface area contributed by atoms with Gasteiger partial charge in [-0.3, -0.25) is 4.79 Å². The molecule has 0 unspecified atom stereocenters. The summed E-state index contributed by atoms with van der Waals surface area (Å²) < 4.78 is 0. The molecular formula is C16H24N2O. The molecule has 1 aromatic carbocycles. The first-order valence-electron chi connectivity index (χ1n) is 7.22. The molecule has 0 aromatic heterocycles. The molecule has 0 saturated heterocycles. The molecule has 3 nitrogen and oxygen atoms in total. The SMILES string of the molecule is CC(C)C(=O)NCCCN1c2ccccc2C[C@H]1C. The molecule has 104 valence electrons. The van der Waals surface area contributed by atoms with Crippen molar-refractivity contribution >= 4 is 11.6 Å². The average molecular weight is 260 g/mol. The van der Waals surface area contributed by atoms with Gasteiger partial charge in [-0.15, -0.1) is 0 Å². The van der Waals surface area contributed by atoms with Crippen molar-refractivity contribution in [2.45, 2.75) is 39.7 Å². The summed E-state index contributed by atoms with van der Waals surface area (Å²) in [6.07, 6.45) is 2.13.